The summed E-state index contributed by atoms with van der Waals surface area (Å²) >= 11 is 0. The zero-order chi connectivity index (χ0) is 20.4. The third-order valence-electron chi connectivity index (χ3n) is 5.62. The third kappa shape index (κ3) is 6.38. The van der Waals surface area contributed by atoms with Crippen molar-refractivity contribution in [2.75, 3.05) is 26.2 Å². The molecule has 0 heterocycles. The molecule has 0 amide bonds. The van der Waals surface area contributed by atoms with Crippen LogP contribution in [0.25, 0.3) is 0 Å². The van der Waals surface area contributed by atoms with Crippen LogP contribution in [-0.2, 0) is 17.6 Å². The summed E-state index contributed by atoms with van der Waals surface area (Å²) in [5.74, 6) is 0.298. The zero-order valence-corrected chi connectivity index (χ0v) is 17.8. The monoisotopic (exact) mass is 380 g/mol. The van der Waals surface area contributed by atoms with Crippen molar-refractivity contribution < 1.29 is 9.28 Å². The van der Waals surface area contributed by atoms with E-state index in [1.54, 1.807) is 0 Å². The standard InChI is InChI=1S/C24H34N3O/c1-5-9-20-10-14-22(15-11-20)25-26-23-16-12-21(13-17-23)18-24(28)19-27(6-2,7-3)8-4/h10-17H,5-9,18-19H2,1-4H3/q+1. The largest absolute Gasteiger partial charge is 0.318 e. The average Bonchev–Trinajstić information content (AvgIpc) is 2.73. The van der Waals surface area contributed by atoms with Gasteiger partial charge in [-0.15, -0.1) is 0 Å². The van der Waals surface area contributed by atoms with Gasteiger partial charge in [-0.25, -0.2) is 0 Å². The minimum absolute atomic E-state index is 0.298. The Kier molecular flexibility index (Phi) is 8.52. The van der Waals surface area contributed by atoms with Crippen molar-refractivity contribution in [2.45, 2.75) is 47.0 Å². The third-order valence-corrected chi connectivity index (χ3v) is 5.62. The molecule has 2 aromatic rings. The molecule has 2 rings (SSSR count). The number of carbonyl (C=O) groups is 1. The molecule has 0 N–H and O–H groups in total. The molecule has 0 saturated carbocycles. The maximum absolute atomic E-state index is 12.5. The average molecular weight is 381 g/mol. The lowest BCUT2D eigenvalue weighted by Gasteiger charge is -2.35. The number of carbonyl (C=O) groups excluding carboxylic acids is 1. The fourth-order valence-electron chi connectivity index (χ4n) is 3.48. The first-order valence-corrected chi connectivity index (χ1v) is 10.5. The van der Waals surface area contributed by atoms with Gasteiger partial charge in [-0.1, -0.05) is 37.6 Å². The smallest absolute Gasteiger partial charge is 0.191 e. The Morgan fingerprint density at radius 3 is 1.64 bits per heavy atom. The summed E-state index contributed by atoms with van der Waals surface area (Å²) < 4.78 is 0.863. The van der Waals surface area contributed by atoms with Gasteiger partial charge in [-0.05, 0) is 62.6 Å². The second kappa shape index (κ2) is 10.9. The maximum Gasteiger partial charge on any atom is 0.191 e. The van der Waals surface area contributed by atoms with E-state index in [0.29, 0.717) is 18.7 Å². The zero-order valence-electron chi connectivity index (χ0n) is 17.8. The summed E-state index contributed by atoms with van der Waals surface area (Å²) in [5.41, 5.74) is 4.02. The van der Waals surface area contributed by atoms with Gasteiger partial charge in [0, 0.05) is 6.42 Å². The minimum atomic E-state index is 0.298. The normalized spacial score (nSPS) is 11.9. The van der Waals surface area contributed by atoms with Gasteiger partial charge in [-0.2, -0.15) is 10.2 Å². The molecule has 0 radical (unpaired) electrons. The van der Waals surface area contributed by atoms with Crippen LogP contribution in [0.1, 0.15) is 45.2 Å². The first-order valence-electron chi connectivity index (χ1n) is 10.5. The number of hydrogen-bond donors (Lipinski definition) is 0. The number of ketones is 1. The SMILES string of the molecule is CCCc1ccc(N=Nc2ccc(CC(=O)C[N+](CC)(CC)CC)cc2)cc1. The molecule has 0 saturated heterocycles. The Morgan fingerprint density at radius 2 is 1.21 bits per heavy atom. The fourth-order valence-corrected chi connectivity index (χ4v) is 3.48. The van der Waals surface area contributed by atoms with E-state index in [0.717, 1.165) is 53.9 Å². The molecular weight excluding hydrogens is 346 g/mol. The number of quaternary nitrogens is 1. The van der Waals surface area contributed by atoms with E-state index in [1.165, 1.54) is 5.56 Å². The van der Waals surface area contributed by atoms with Gasteiger partial charge >= 0.3 is 0 Å². The van der Waals surface area contributed by atoms with Crippen molar-refractivity contribution in [2.24, 2.45) is 10.2 Å². The van der Waals surface area contributed by atoms with E-state index >= 15 is 0 Å². The number of Topliss-reactive ketones (excluding diaryl/α,β-unsaturated/α-hetero) is 1. The number of benzene rings is 2. The summed E-state index contributed by atoms with van der Waals surface area (Å²) in [6.45, 7) is 12.3. The summed E-state index contributed by atoms with van der Waals surface area (Å²) in [5, 5.41) is 8.61. The molecule has 0 spiro atoms. The van der Waals surface area contributed by atoms with Crippen LogP contribution in [0.4, 0.5) is 11.4 Å². The summed E-state index contributed by atoms with van der Waals surface area (Å²) in [6.07, 6.45) is 2.72. The highest BCUT2D eigenvalue weighted by atomic mass is 16.1. The molecule has 28 heavy (non-hydrogen) atoms. The lowest BCUT2D eigenvalue weighted by molar-refractivity contribution is -0.915. The Balaban J connectivity index is 1.94. The summed E-state index contributed by atoms with van der Waals surface area (Å²) in [4.78, 5) is 12.5. The van der Waals surface area contributed by atoms with Crippen LogP contribution in [0.3, 0.4) is 0 Å². The van der Waals surface area contributed by atoms with Crippen molar-refractivity contribution >= 4 is 17.2 Å². The second-order valence-corrected chi connectivity index (χ2v) is 7.45. The number of hydrogen-bond acceptors (Lipinski definition) is 3. The Labute approximate surface area is 169 Å². The van der Waals surface area contributed by atoms with E-state index in [-0.39, 0.29) is 0 Å². The Hall–Kier alpha value is -2.33. The van der Waals surface area contributed by atoms with Gasteiger partial charge in [0.25, 0.3) is 0 Å². The highest BCUT2D eigenvalue weighted by Crippen LogP contribution is 2.20. The topological polar surface area (TPSA) is 41.8 Å². The Bertz CT molecular complexity index is 751. The number of nitrogens with zero attached hydrogens (tertiary/aromatic N) is 3. The van der Waals surface area contributed by atoms with E-state index in [2.05, 4.69) is 50.1 Å². The van der Waals surface area contributed by atoms with E-state index in [9.17, 15) is 4.79 Å². The van der Waals surface area contributed by atoms with E-state index in [1.807, 2.05) is 36.4 Å². The fraction of sp³-hybridized carbons (Fsp3) is 0.458. The second-order valence-electron chi connectivity index (χ2n) is 7.45. The molecule has 2 aromatic carbocycles. The van der Waals surface area contributed by atoms with Gasteiger partial charge in [0.2, 0.25) is 0 Å². The highest BCUT2D eigenvalue weighted by molar-refractivity contribution is 5.82. The molecule has 0 atom stereocenters. The molecular formula is C24H34N3O+. The molecule has 0 aliphatic rings. The van der Waals surface area contributed by atoms with E-state index < -0.39 is 0 Å². The van der Waals surface area contributed by atoms with Crippen LogP contribution < -0.4 is 0 Å². The van der Waals surface area contributed by atoms with Crippen LogP contribution in [0.5, 0.6) is 0 Å². The van der Waals surface area contributed by atoms with Crippen LogP contribution in [-0.4, -0.2) is 36.4 Å². The molecule has 0 unspecified atom stereocenters. The van der Waals surface area contributed by atoms with Crippen molar-refractivity contribution in [3.05, 3.63) is 59.7 Å². The number of rotatable bonds is 11. The molecule has 0 fully saturated rings. The first kappa shape index (κ1) is 22.0. The summed E-state index contributed by atoms with van der Waals surface area (Å²) in [6, 6.07) is 16.0. The molecule has 4 nitrogen and oxygen atoms in total. The van der Waals surface area contributed by atoms with Gasteiger partial charge in [0.1, 0.15) is 6.54 Å². The first-order chi connectivity index (χ1) is 13.5. The van der Waals surface area contributed by atoms with Crippen LogP contribution >= 0.6 is 0 Å². The van der Waals surface area contributed by atoms with Crippen LogP contribution in [0.15, 0.2) is 58.8 Å². The number of likely N-dealkylation sites (N-methyl/N-ethyl adjacent to an activating group) is 1. The Morgan fingerprint density at radius 1 is 0.750 bits per heavy atom. The predicted molar refractivity (Wildman–Crippen MR) is 117 cm³/mol. The maximum atomic E-state index is 12.5. The van der Waals surface area contributed by atoms with Gasteiger partial charge in [0.05, 0.1) is 31.0 Å². The molecule has 0 aliphatic carbocycles. The number of aryl methyl sites for hydroxylation is 1. The van der Waals surface area contributed by atoms with E-state index in [4.69, 9.17) is 0 Å². The molecule has 4 heteroatoms. The lowest BCUT2D eigenvalue weighted by atomic mass is 10.1. The van der Waals surface area contributed by atoms with Crippen molar-refractivity contribution in [1.82, 2.24) is 0 Å². The minimum Gasteiger partial charge on any atom is -0.318 e. The number of azo groups is 1. The summed E-state index contributed by atoms with van der Waals surface area (Å²) in [7, 11) is 0. The molecule has 0 bridgehead atoms. The molecule has 0 aromatic heterocycles. The van der Waals surface area contributed by atoms with Gasteiger partial charge in [-0.3, -0.25) is 4.79 Å². The molecule has 0 aliphatic heterocycles. The van der Waals surface area contributed by atoms with Crippen molar-refractivity contribution in [3.63, 3.8) is 0 Å². The predicted octanol–water partition coefficient (Wildman–Crippen LogP) is 6.04. The van der Waals surface area contributed by atoms with Crippen molar-refractivity contribution in [1.29, 1.82) is 0 Å². The van der Waals surface area contributed by atoms with Crippen molar-refractivity contribution in [3.8, 4) is 0 Å². The molecule has 150 valence electrons. The van der Waals surface area contributed by atoms with Gasteiger partial charge in [0.15, 0.2) is 5.78 Å². The highest BCUT2D eigenvalue weighted by Gasteiger charge is 2.24. The quantitative estimate of drug-likeness (QED) is 0.346. The van der Waals surface area contributed by atoms with Gasteiger partial charge < -0.3 is 4.48 Å². The lowest BCUT2D eigenvalue weighted by Crippen LogP contribution is -2.51. The van der Waals surface area contributed by atoms with Crippen LogP contribution in [0.2, 0.25) is 0 Å². The van der Waals surface area contributed by atoms with Crippen LogP contribution in [0, 0.1) is 0 Å².